The van der Waals surface area contributed by atoms with Gasteiger partial charge in [0.1, 0.15) is 23.7 Å². The Bertz CT molecular complexity index is 1160. The SMILES string of the molecule is COC(=O)[C@@H]1C[C@H](Oc2cc(F)c(Cl)c(N(C)C3CCC(c4ccccc4)(N(C)C)CC3)c2)CN1C(=O)O. The van der Waals surface area contributed by atoms with Crippen LogP contribution in [0.15, 0.2) is 42.5 Å². The molecule has 2 aromatic rings. The number of anilines is 1. The highest BCUT2D eigenvalue weighted by molar-refractivity contribution is 6.33. The van der Waals surface area contributed by atoms with Crippen molar-refractivity contribution in [2.75, 3.05) is 39.7 Å². The van der Waals surface area contributed by atoms with Gasteiger partial charge in [-0.3, -0.25) is 9.80 Å². The molecular formula is C28H35ClFN3O5. The lowest BCUT2D eigenvalue weighted by Crippen LogP contribution is -2.48. The van der Waals surface area contributed by atoms with E-state index >= 15 is 0 Å². The van der Waals surface area contributed by atoms with Crippen molar-refractivity contribution in [1.29, 1.82) is 0 Å². The summed E-state index contributed by atoms with van der Waals surface area (Å²) in [6.07, 6.45) is 1.91. The third kappa shape index (κ3) is 5.40. The molecule has 1 heterocycles. The number of methoxy groups -OCH3 is 1. The Hall–Kier alpha value is -3.04. The summed E-state index contributed by atoms with van der Waals surface area (Å²) < 4.78 is 25.6. The second-order valence-electron chi connectivity index (χ2n) is 10.3. The van der Waals surface area contributed by atoms with Gasteiger partial charge in [-0.15, -0.1) is 0 Å². The Morgan fingerprint density at radius 1 is 1.13 bits per heavy atom. The van der Waals surface area contributed by atoms with Gasteiger partial charge >= 0.3 is 12.1 Å². The van der Waals surface area contributed by atoms with Gasteiger partial charge in [-0.2, -0.15) is 0 Å². The molecule has 2 aromatic carbocycles. The van der Waals surface area contributed by atoms with E-state index in [1.54, 1.807) is 6.07 Å². The summed E-state index contributed by atoms with van der Waals surface area (Å²) >= 11 is 6.42. The van der Waals surface area contributed by atoms with Crippen molar-refractivity contribution >= 4 is 29.4 Å². The number of hydrogen-bond acceptors (Lipinski definition) is 6. The molecule has 1 aliphatic heterocycles. The Morgan fingerprint density at radius 2 is 1.79 bits per heavy atom. The number of carbonyl (C=O) groups is 2. The van der Waals surface area contributed by atoms with Crippen LogP contribution >= 0.6 is 11.6 Å². The molecule has 1 amide bonds. The standard InChI is InChI=1S/C28H35ClFN3O5/c1-31(2)28(18-8-6-5-7-9-18)12-10-19(11-13-28)32(3)23-15-20(14-22(30)25(23)29)38-21-16-24(26(34)37-4)33(17-21)27(35)36/h5-9,14-15,19,21,24H,10-13,16-17H2,1-4H3,(H,35,36)/t19?,21-,24-,28?/m0/s1. The Balaban J connectivity index is 1.50. The van der Waals surface area contributed by atoms with E-state index in [9.17, 15) is 19.1 Å². The molecular weight excluding hydrogens is 513 g/mol. The number of nitrogens with zero attached hydrogens (tertiary/aromatic N) is 3. The van der Waals surface area contributed by atoms with Gasteiger partial charge in [-0.1, -0.05) is 41.9 Å². The topological polar surface area (TPSA) is 82.6 Å². The van der Waals surface area contributed by atoms with E-state index in [1.165, 1.54) is 18.7 Å². The van der Waals surface area contributed by atoms with E-state index in [0.717, 1.165) is 30.6 Å². The maximum absolute atomic E-state index is 14.9. The van der Waals surface area contributed by atoms with Gasteiger partial charge in [0, 0.05) is 37.2 Å². The van der Waals surface area contributed by atoms with Crippen LogP contribution in [0.4, 0.5) is 14.9 Å². The van der Waals surface area contributed by atoms with Gasteiger partial charge < -0.3 is 19.5 Å². The fourth-order valence-corrected chi connectivity index (χ4v) is 6.17. The average molecular weight is 548 g/mol. The van der Waals surface area contributed by atoms with Gasteiger partial charge in [-0.05, 0) is 45.3 Å². The highest BCUT2D eigenvalue weighted by atomic mass is 35.5. The van der Waals surface area contributed by atoms with Crippen molar-refractivity contribution in [3.05, 3.63) is 58.9 Å². The van der Waals surface area contributed by atoms with Gasteiger partial charge in [0.25, 0.3) is 0 Å². The minimum atomic E-state index is -1.24. The van der Waals surface area contributed by atoms with E-state index in [1.807, 2.05) is 18.0 Å². The van der Waals surface area contributed by atoms with E-state index in [2.05, 4.69) is 43.3 Å². The fraction of sp³-hybridized carbons (Fsp3) is 0.500. The highest BCUT2D eigenvalue weighted by Gasteiger charge is 2.42. The van der Waals surface area contributed by atoms with Gasteiger partial charge in [0.05, 0.1) is 24.4 Å². The third-order valence-electron chi connectivity index (χ3n) is 8.14. The van der Waals surface area contributed by atoms with E-state index < -0.39 is 30.0 Å². The predicted molar refractivity (Wildman–Crippen MR) is 143 cm³/mol. The number of ether oxygens (including phenoxy) is 2. The molecule has 0 unspecified atom stereocenters. The summed E-state index contributed by atoms with van der Waals surface area (Å²) in [7, 11) is 7.35. The maximum Gasteiger partial charge on any atom is 0.408 e. The third-order valence-corrected chi connectivity index (χ3v) is 8.52. The quantitative estimate of drug-likeness (QED) is 0.489. The Labute approximate surface area is 227 Å². The van der Waals surface area contributed by atoms with Crippen molar-refractivity contribution in [2.45, 2.75) is 55.8 Å². The van der Waals surface area contributed by atoms with Crippen LogP contribution in [0.5, 0.6) is 5.75 Å². The van der Waals surface area contributed by atoms with Crippen molar-refractivity contribution < 1.29 is 28.6 Å². The van der Waals surface area contributed by atoms with Crippen LogP contribution in [0, 0.1) is 5.82 Å². The molecule has 0 spiro atoms. The minimum Gasteiger partial charge on any atom is -0.488 e. The second-order valence-corrected chi connectivity index (χ2v) is 10.7. The molecule has 1 saturated carbocycles. The summed E-state index contributed by atoms with van der Waals surface area (Å²) in [5, 5.41) is 9.49. The average Bonchev–Trinajstić information content (AvgIpc) is 3.34. The molecule has 38 heavy (non-hydrogen) atoms. The first-order valence-electron chi connectivity index (χ1n) is 12.8. The summed E-state index contributed by atoms with van der Waals surface area (Å²) in [6.45, 7) is -0.0285. The normalized spacial score (nSPS) is 25.3. The molecule has 1 aliphatic carbocycles. The number of esters is 1. The zero-order chi connectivity index (χ0) is 27.6. The lowest BCUT2D eigenvalue weighted by molar-refractivity contribution is -0.145. The Kier molecular flexibility index (Phi) is 8.37. The molecule has 1 saturated heterocycles. The summed E-state index contributed by atoms with van der Waals surface area (Å²) in [4.78, 5) is 28.9. The van der Waals surface area contributed by atoms with E-state index in [4.69, 9.17) is 21.1 Å². The van der Waals surface area contributed by atoms with E-state index in [-0.39, 0.29) is 35.3 Å². The van der Waals surface area contributed by atoms with Crippen LogP contribution in [0.2, 0.25) is 5.02 Å². The molecule has 2 aliphatic rings. The molecule has 10 heteroatoms. The minimum absolute atomic E-state index is 0.0124. The first-order chi connectivity index (χ1) is 18.1. The van der Waals surface area contributed by atoms with Crippen LogP contribution in [0.25, 0.3) is 0 Å². The molecule has 0 bridgehead atoms. The van der Waals surface area contributed by atoms with Crippen LogP contribution in [-0.2, 0) is 15.1 Å². The lowest BCUT2D eigenvalue weighted by Gasteiger charge is -2.47. The van der Waals surface area contributed by atoms with E-state index in [0.29, 0.717) is 5.69 Å². The first kappa shape index (κ1) is 28.0. The molecule has 2 fully saturated rings. The first-order valence-corrected chi connectivity index (χ1v) is 13.1. The largest absolute Gasteiger partial charge is 0.488 e. The molecule has 1 N–H and O–H groups in total. The number of benzene rings is 2. The number of likely N-dealkylation sites (tertiary alicyclic amines) is 1. The molecule has 8 nitrogen and oxygen atoms in total. The summed E-state index contributed by atoms with van der Waals surface area (Å²) in [6, 6.07) is 12.6. The molecule has 2 atom stereocenters. The summed E-state index contributed by atoms with van der Waals surface area (Å²) in [5.74, 6) is -1.04. The molecule has 0 aromatic heterocycles. The molecule has 4 rings (SSSR count). The number of halogens is 2. The predicted octanol–water partition coefficient (Wildman–Crippen LogP) is 4.99. The van der Waals surface area contributed by atoms with Crippen molar-refractivity contribution in [3.63, 3.8) is 0 Å². The van der Waals surface area contributed by atoms with Crippen molar-refractivity contribution in [1.82, 2.24) is 9.80 Å². The number of rotatable bonds is 7. The molecule has 206 valence electrons. The van der Waals surface area contributed by atoms with Crippen LogP contribution in [0.1, 0.15) is 37.7 Å². The number of hydrogen-bond donors (Lipinski definition) is 1. The van der Waals surface area contributed by atoms with Crippen molar-refractivity contribution in [2.24, 2.45) is 0 Å². The Morgan fingerprint density at radius 3 is 2.37 bits per heavy atom. The number of amides is 1. The number of carbonyl (C=O) groups excluding carboxylic acids is 1. The van der Waals surface area contributed by atoms with Gasteiger partial charge in [-0.25, -0.2) is 14.0 Å². The van der Waals surface area contributed by atoms with Gasteiger partial charge in [0.2, 0.25) is 0 Å². The van der Waals surface area contributed by atoms with Crippen LogP contribution in [0.3, 0.4) is 0 Å². The maximum atomic E-state index is 14.9. The smallest absolute Gasteiger partial charge is 0.408 e. The zero-order valence-electron chi connectivity index (χ0n) is 22.2. The van der Waals surface area contributed by atoms with Crippen LogP contribution in [-0.4, -0.2) is 80.0 Å². The highest BCUT2D eigenvalue weighted by Crippen LogP contribution is 2.44. The van der Waals surface area contributed by atoms with Crippen LogP contribution < -0.4 is 9.64 Å². The summed E-state index contributed by atoms with van der Waals surface area (Å²) in [5.41, 5.74) is 1.75. The monoisotopic (exact) mass is 547 g/mol. The lowest BCUT2D eigenvalue weighted by atomic mass is 9.73. The van der Waals surface area contributed by atoms with Gasteiger partial charge in [0.15, 0.2) is 0 Å². The molecule has 0 radical (unpaired) electrons. The van der Waals surface area contributed by atoms with Crippen molar-refractivity contribution in [3.8, 4) is 5.75 Å². The number of carboxylic acid groups (broad SMARTS) is 1. The second kappa shape index (κ2) is 11.4. The zero-order valence-corrected chi connectivity index (χ0v) is 22.9. The fourth-order valence-electron chi connectivity index (χ4n) is 5.93.